The van der Waals surface area contributed by atoms with Crippen LogP contribution in [-0.2, 0) is 16.4 Å². The van der Waals surface area contributed by atoms with Crippen molar-refractivity contribution in [2.45, 2.75) is 11.4 Å². The molecule has 4 nitrogen and oxygen atoms in total. The zero-order valence-electron chi connectivity index (χ0n) is 11.8. The van der Waals surface area contributed by atoms with Gasteiger partial charge >= 0.3 is 0 Å². The molecule has 0 saturated heterocycles. The van der Waals surface area contributed by atoms with E-state index in [1.54, 1.807) is 25.2 Å². The number of hydrogen-bond acceptors (Lipinski definition) is 4. The van der Waals surface area contributed by atoms with Crippen molar-refractivity contribution in [3.63, 3.8) is 0 Å². The van der Waals surface area contributed by atoms with E-state index in [0.717, 1.165) is 6.26 Å². The highest BCUT2D eigenvalue weighted by Gasteiger charge is 2.09. The third-order valence-corrected chi connectivity index (χ3v) is 4.00. The molecule has 0 unspecified atom stereocenters. The second kappa shape index (κ2) is 6.24. The summed E-state index contributed by atoms with van der Waals surface area (Å²) in [5.74, 6) is 0.684. The summed E-state index contributed by atoms with van der Waals surface area (Å²) in [7, 11) is -1.47. The Bertz CT molecular complexity index is 727. The maximum atomic E-state index is 13.2. The van der Waals surface area contributed by atoms with Crippen molar-refractivity contribution in [2.24, 2.45) is 0 Å². The van der Waals surface area contributed by atoms with Gasteiger partial charge in [-0.05, 0) is 49.5 Å². The van der Waals surface area contributed by atoms with E-state index in [1.807, 2.05) is 0 Å². The molecule has 0 radical (unpaired) electrons. The van der Waals surface area contributed by atoms with Gasteiger partial charge in [0.25, 0.3) is 0 Å². The smallest absolute Gasteiger partial charge is 0.175 e. The lowest BCUT2D eigenvalue weighted by Gasteiger charge is -2.11. The van der Waals surface area contributed by atoms with E-state index < -0.39 is 9.84 Å². The Kier molecular flexibility index (Phi) is 4.59. The van der Waals surface area contributed by atoms with Crippen molar-refractivity contribution in [3.05, 3.63) is 53.8 Å². The molecule has 0 aromatic heterocycles. The molecule has 6 heteroatoms. The molecular formula is C15H16FNO3S. The van der Waals surface area contributed by atoms with Gasteiger partial charge in [-0.15, -0.1) is 0 Å². The van der Waals surface area contributed by atoms with E-state index in [0.29, 0.717) is 23.6 Å². The highest BCUT2D eigenvalue weighted by atomic mass is 32.2. The summed E-state index contributed by atoms with van der Waals surface area (Å²) in [5.41, 5.74) is 0.685. The normalized spacial score (nSPS) is 11.4. The molecule has 0 bridgehead atoms. The molecule has 0 amide bonds. The van der Waals surface area contributed by atoms with Crippen LogP contribution in [0.4, 0.5) is 4.39 Å². The monoisotopic (exact) mass is 309 g/mol. The van der Waals surface area contributed by atoms with Crippen LogP contribution in [0.5, 0.6) is 11.5 Å². The summed E-state index contributed by atoms with van der Waals surface area (Å²) in [4.78, 5) is 0.226. The Hall–Kier alpha value is -1.92. The van der Waals surface area contributed by atoms with Crippen LogP contribution in [0.2, 0.25) is 0 Å². The van der Waals surface area contributed by atoms with Crippen LogP contribution in [0.15, 0.2) is 47.4 Å². The minimum absolute atomic E-state index is 0.226. The van der Waals surface area contributed by atoms with Crippen LogP contribution in [0.1, 0.15) is 5.56 Å². The maximum Gasteiger partial charge on any atom is 0.175 e. The lowest BCUT2D eigenvalue weighted by atomic mass is 10.2. The second-order valence-electron chi connectivity index (χ2n) is 4.63. The van der Waals surface area contributed by atoms with Gasteiger partial charge < -0.3 is 10.1 Å². The second-order valence-corrected chi connectivity index (χ2v) is 6.64. The van der Waals surface area contributed by atoms with Crippen molar-refractivity contribution in [1.29, 1.82) is 0 Å². The molecule has 2 aromatic carbocycles. The maximum absolute atomic E-state index is 13.2. The molecule has 0 heterocycles. The van der Waals surface area contributed by atoms with E-state index in [4.69, 9.17) is 4.74 Å². The van der Waals surface area contributed by atoms with Crippen molar-refractivity contribution < 1.29 is 17.5 Å². The predicted octanol–water partition coefficient (Wildman–Crippen LogP) is 2.74. The van der Waals surface area contributed by atoms with Gasteiger partial charge in [0, 0.05) is 18.4 Å². The summed E-state index contributed by atoms with van der Waals surface area (Å²) < 4.78 is 41.7. The van der Waals surface area contributed by atoms with Crippen LogP contribution < -0.4 is 10.1 Å². The fourth-order valence-electron chi connectivity index (χ4n) is 1.86. The molecule has 0 atom stereocenters. The Morgan fingerprint density at radius 1 is 1.14 bits per heavy atom. The van der Waals surface area contributed by atoms with Gasteiger partial charge in [-0.25, -0.2) is 12.8 Å². The van der Waals surface area contributed by atoms with Crippen LogP contribution in [0, 0.1) is 5.82 Å². The van der Waals surface area contributed by atoms with Gasteiger partial charge in [0.2, 0.25) is 0 Å². The minimum Gasteiger partial charge on any atom is -0.457 e. The van der Waals surface area contributed by atoms with E-state index in [9.17, 15) is 12.8 Å². The third kappa shape index (κ3) is 4.03. The summed E-state index contributed by atoms with van der Waals surface area (Å²) in [5, 5.41) is 2.94. The predicted molar refractivity (Wildman–Crippen MR) is 78.8 cm³/mol. The lowest BCUT2D eigenvalue weighted by Crippen LogP contribution is -2.06. The standard InChI is InChI=1S/C15H16FNO3S/c1-17-10-11-9-12(16)3-8-15(11)20-13-4-6-14(7-5-13)21(2,18)19/h3-9,17H,10H2,1-2H3. The number of ether oxygens (including phenoxy) is 1. The SMILES string of the molecule is CNCc1cc(F)ccc1Oc1ccc(S(C)(=O)=O)cc1. The molecule has 0 aliphatic rings. The third-order valence-electron chi connectivity index (χ3n) is 2.87. The highest BCUT2D eigenvalue weighted by molar-refractivity contribution is 7.90. The van der Waals surface area contributed by atoms with Crippen molar-refractivity contribution in [2.75, 3.05) is 13.3 Å². The van der Waals surface area contributed by atoms with Crippen molar-refractivity contribution in [3.8, 4) is 11.5 Å². The Morgan fingerprint density at radius 2 is 1.81 bits per heavy atom. The van der Waals surface area contributed by atoms with Crippen molar-refractivity contribution >= 4 is 9.84 Å². The molecule has 0 spiro atoms. The highest BCUT2D eigenvalue weighted by Crippen LogP contribution is 2.27. The first-order chi connectivity index (χ1) is 9.90. The summed E-state index contributed by atoms with van der Waals surface area (Å²) in [6.07, 6.45) is 1.15. The average Bonchev–Trinajstić information content (AvgIpc) is 2.42. The zero-order valence-corrected chi connectivity index (χ0v) is 12.6. The van der Waals surface area contributed by atoms with Crippen LogP contribution in [-0.4, -0.2) is 21.7 Å². The van der Waals surface area contributed by atoms with Gasteiger partial charge in [0.15, 0.2) is 9.84 Å². The number of rotatable bonds is 5. The zero-order chi connectivity index (χ0) is 15.5. The van der Waals surface area contributed by atoms with E-state index >= 15 is 0 Å². The average molecular weight is 309 g/mol. The molecule has 0 fully saturated rings. The first-order valence-corrected chi connectivity index (χ1v) is 8.20. The first-order valence-electron chi connectivity index (χ1n) is 6.31. The molecule has 2 aromatic rings. The van der Waals surface area contributed by atoms with Crippen molar-refractivity contribution in [1.82, 2.24) is 5.32 Å². The number of hydrogen-bond donors (Lipinski definition) is 1. The topological polar surface area (TPSA) is 55.4 Å². The van der Waals surface area contributed by atoms with E-state index in [-0.39, 0.29) is 10.7 Å². The van der Waals surface area contributed by atoms with Gasteiger partial charge in [0.1, 0.15) is 17.3 Å². The summed E-state index contributed by atoms with van der Waals surface area (Å²) in [6.45, 7) is 0.467. The van der Waals surface area contributed by atoms with Gasteiger partial charge in [0.05, 0.1) is 4.90 Å². The molecule has 0 saturated carbocycles. The van der Waals surface area contributed by atoms with Gasteiger partial charge in [-0.1, -0.05) is 0 Å². The van der Waals surface area contributed by atoms with Gasteiger partial charge in [-0.3, -0.25) is 0 Å². The molecule has 21 heavy (non-hydrogen) atoms. The number of sulfone groups is 1. The first kappa shape index (κ1) is 15.5. The molecular weight excluding hydrogens is 293 g/mol. The van der Waals surface area contributed by atoms with Crippen LogP contribution >= 0.6 is 0 Å². The fraction of sp³-hybridized carbons (Fsp3) is 0.200. The number of nitrogens with one attached hydrogen (secondary N) is 1. The Morgan fingerprint density at radius 3 is 2.38 bits per heavy atom. The quantitative estimate of drug-likeness (QED) is 0.922. The van der Waals surface area contributed by atoms with Gasteiger partial charge in [-0.2, -0.15) is 0 Å². The van der Waals surface area contributed by atoms with Crippen LogP contribution in [0.25, 0.3) is 0 Å². The fourth-order valence-corrected chi connectivity index (χ4v) is 2.49. The number of halogens is 1. The largest absolute Gasteiger partial charge is 0.457 e. The summed E-state index contributed by atoms with van der Waals surface area (Å²) >= 11 is 0. The van der Waals surface area contributed by atoms with E-state index in [1.165, 1.54) is 24.3 Å². The van der Waals surface area contributed by atoms with Crippen LogP contribution in [0.3, 0.4) is 0 Å². The molecule has 2 rings (SSSR count). The van der Waals surface area contributed by atoms with E-state index in [2.05, 4.69) is 5.32 Å². The number of benzene rings is 2. The molecule has 0 aliphatic heterocycles. The molecule has 1 N–H and O–H groups in total. The summed E-state index contributed by atoms with van der Waals surface area (Å²) in [6, 6.07) is 10.4. The molecule has 112 valence electrons. The molecule has 0 aliphatic carbocycles. The minimum atomic E-state index is -3.23. The Balaban J connectivity index is 2.26. The Labute approximate surface area is 123 Å². The lowest BCUT2D eigenvalue weighted by molar-refractivity contribution is 0.471.